The van der Waals surface area contributed by atoms with Gasteiger partial charge in [-0.1, -0.05) is 54.1 Å². The molecule has 0 bridgehead atoms. The summed E-state index contributed by atoms with van der Waals surface area (Å²) in [5, 5.41) is 21.3. The maximum absolute atomic E-state index is 11.7. The molecule has 5 rings (SSSR count). The summed E-state index contributed by atoms with van der Waals surface area (Å²) >= 11 is 1.19. The molecule has 0 spiro atoms. The molecule has 0 atom stereocenters. The number of aromatic carboxylic acids is 1. The monoisotopic (exact) mass is 544 g/mol. The number of benzene rings is 3. The molecule has 0 fully saturated rings. The maximum Gasteiger partial charge on any atom is 0.355 e. The molecule has 192 valence electrons. The molecule has 0 amide bonds. The number of carboxylic acid groups (broad SMARTS) is 1. The summed E-state index contributed by atoms with van der Waals surface area (Å²) in [6.45, 7) is 4.13. The molecule has 0 aliphatic rings. The number of nitrogens with zero attached hydrogens (tertiary/aromatic N) is 3. The van der Waals surface area contributed by atoms with Crippen molar-refractivity contribution in [2.24, 2.45) is 5.14 Å². The first-order valence-corrected chi connectivity index (χ1v) is 14.1. The van der Waals surface area contributed by atoms with Gasteiger partial charge in [0, 0.05) is 29.1 Å². The SMILES string of the molecule is Cc1cccc(-c2cc(-c3nn(-c4nc(C(=O)O)cs4)cc3Cc3ccc(S(N)(=O)=O)cc3)ccc2C)c1. The van der Waals surface area contributed by atoms with Gasteiger partial charge in [-0.05, 0) is 54.3 Å². The Bertz CT molecular complexity index is 1770. The van der Waals surface area contributed by atoms with Crippen molar-refractivity contribution < 1.29 is 18.3 Å². The van der Waals surface area contributed by atoms with Crippen molar-refractivity contribution >= 4 is 27.3 Å². The van der Waals surface area contributed by atoms with Crippen molar-refractivity contribution in [2.75, 3.05) is 0 Å². The molecule has 0 saturated heterocycles. The first-order chi connectivity index (χ1) is 18.1. The molecule has 10 heteroatoms. The molecular weight excluding hydrogens is 520 g/mol. The van der Waals surface area contributed by atoms with Crippen LogP contribution in [0.3, 0.4) is 0 Å². The number of primary sulfonamides is 1. The molecular formula is C28H24N4O4S2. The van der Waals surface area contributed by atoms with Gasteiger partial charge in [0.2, 0.25) is 15.2 Å². The largest absolute Gasteiger partial charge is 0.476 e. The van der Waals surface area contributed by atoms with E-state index in [1.165, 1.54) is 34.4 Å². The molecule has 0 radical (unpaired) electrons. The van der Waals surface area contributed by atoms with Gasteiger partial charge in [-0.3, -0.25) is 0 Å². The van der Waals surface area contributed by atoms with Gasteiger partial charge in [0.1, 0.15) is 0 Å². The first kappa shape index (κ1) is 25.5. The first-order valence-electron chi connectivity index (χ1n) is 11.7. The third-order valence-electron chi connectivity index (χ3n) is 6.18. The van der Waals surface area contributed by atoms with Crippen molar-refractivity contribution in [1.82, 2.24) is 14.8 Å². The highest BCUT2D eigenvalue weighted by Crippen LogP contribution is 2.32. The molecule has 38 heavy (non-hydrogen) atoms. The summed E-state index contributed by atoms with van der Waals surface area (Å²) in [6.07, 6.45) is 2.30. The molecule has 0 unspecified atom stereocenters. The summed E-state index contributed by atoms with van der Waals surface area (Å²) in [7, 11) is -3.79. The number of sulfonamides is 1. The van der Waals surface area contributed by atoms with Crippen LogP contribution in [0.5, 0.6) is 0 Å². The number of aryl methyl sites for hydroxylation is 2. The van der Waals surface area contributed by atoms with E-state index >= 15 is 0 Å². The second kappa shape index (κ2) is 9.97. The second-order valence-electron chi connectivity index (χ2n) is 9.03. The van der Waals surface area contributed by atoms with Crippen LogP contribution in [0.4, 0.5) is 0 Å². The molecule has 2 aromatic heterocycles. The van der Waals surface area contributed by atoms with Crippen LogP contribution in [0.1, 0.15) is 32.7 Å². The number of nitrogens with two attached hydrogens (primary N) is 1. The molecule has 0 aliphatic heterocycles. The Morgan fingerprint density at radius 3 is 2.45 bits per heavy atom. The summed E-state index contributed by atoms with van der Waals surface area (Å²) in [5.74, 6) is -1.10. The molecule has 5 aromatic rings. The standard InChI is InChI=1S/C28H24N4O4S2/c1-17-4-3-5-20(12-17)24-14-21(9-6-18(24)2)26-22(13-19-7-10-23(11-8-19)38(29,35)36)15-32(31-26)28-30-25(16-37-28)27(33)34/h3-12,14-16H,13H2,1-2H3,(H,33,34)(H2,29,35,36). The van der Waals surface area contributed by atoms with Gasteiger partial charge in [0.05, 0.1) is 10.6 Å². The summed E-state index contributed by atoms with van der Waals surface area (Å²) < 4.78 is 24.9. The van der Waals surface area contributed by atoms with Gasteiger partial charge in [-0.15, -0.1) is 11.3 Å². The predicted molar refractivity (Wildman–Crippen MR) is 147 cm³/mol. The Balaban J connectivity index is 1.61. The zero-order valence-corrected chi connectivity index (χ0v) is 22.3. The fourth-order valence-electron chi connectivity index (χ4n) is 4.26. The number of carboxylic acids is 1. The van der Waals surface area contributed by atoms with E-state index < -0.39 is 16.0 Å². The zero-order chi connectivity index (χ0) is 27.0. The van der Waals surface area contributed by atoms with E-state index in [1.807, 2.05) is 18.3 Å². The molecule has 3 N–H and O–H groups in total. The summed E-state index contributed by atoms with van der Waals surface area (Å²) in [6, 6.07) is 20.9. The summed E-state index contributed by atoms with van der Waals surface area (Å²) in [4.78, 5) is 15.6. The Morgan fingerprint density at radius 1 is 1.03 bits per heavy atom. The van der Waals surface area contributed by atoms with Crippen LogP contribution in [-0.2, 0) is 16.4 Å². The van der Waals surface area contributed by atoms with Gasteiger partial charge in [-0.2, -0.15) is 5.10 Å². The van der Waals surface area contributed by atoms with Crippen LogP contribution in [0, 0.1) is 13.8 Å². The molecule has 8 nitrogen and oxygen atoms in total. The summed E-state index contributed by atoms with van der Waals surface area (Å²) in [5.41, 5.74) is 7.82. The lowest BCUT2D eigenvalue weighted by Gasteiger charge is -2.10. The normalized spacial score (nSPS) is 11.6. The number of rotatable bonds is 7. The van der Waals surface area contributed by atoms with E-state index in [-0.39, 0.29) is 10.6 Å². The highest BCUT2D eigenvalue weighted by molar-refractivity contribution is 7.89. The van der Waals surface area contributed by atoms with Crippen LogP contribution in [-0.4, -0.2) is 34.3 Å². The van der Waals surface area contributed by atoms with E-state index in [4.69, 9.17) is 10.2 Å². The van der Waals surface area contributed by atoms with Crippen molar-refractivity contribution in [3.05, 3.63) is 106 Å². The minimum atomic E-state index is -3.79. The van der Waals surface area contributed by atoms with Gasteiger partial charge in [0.25, 0.3) is 0 Å². The van der Waals surface area contributed by atoms with E-state index in [2.05, 4.69) is 49.2 Å². The van der Waals surface area contributed by atoms with Crippen molar-refractivity contribution in [2.45, 2.75) is 25.2 Å². The van der Waals surface area contributed by atoms with Gasteiger partial charge in [0.15, 0.2) is 5.69 Å². The zero-order valence-electron chi connectivity index (χ0n) is 20.6. The minimum absolute atomic E-state index is 0.0424. The lowest BCUT2D eigenvalue weighted by Crippen LogP contribution is -2.11. The highest BCUT2D eigenvalue weighted by atomic mass is 32.2. The van der Waals surface area contributed by atoms with Crippen molar-refractivity contribution in [3.8, 4) is 27.5 Å². The average molecular weight is 545 g/mol. The molecule has 3 aromatic carbocycles. The Labute approximate surface area is 224 Å². The van der Waals surface area contributed by atoms with Crippen molar-refractivity contribution in [3.63, 3.8) is 0 Å². The highest BCUT2D eigenvalue weighted by Gasteiger charge is 2.18. The van der Waals surface area contributed by atoms with Crippen LogP contribution in [0.15, 0.2) is 83.2 Å². The van der Waals surface area contributed by atoms with Crippen molar-refractivity contribution in [1.29, 1.82) is 0 Å². The third kappa shape index (κ3) is 5.28. The van der Waals surface area contributed by atoms with Crippen LogP contribution < -0.4 is 5.14 Å². The van der Waals surface area contributed by atoms with Crippen LogP contribution in [0.25, 0.3) is 27.5 Å². The minimum Gasteiger partial charge on any atom is -0.476 e. The van der Waals surface area contributed by atoms with Crippen LogP contribution >= 0.6 is 11.3 Å². The van der Waals surface area contributed by atoms with E-state index in [9.17, 15) is 18.3 Å². The van der Waals surface area contributed by atoms with E-state index in [1.54, 1.807) is 16.8 Å². The van der Waals surface area contributed by atoms with E-state index in [0.29, 0.717) is 11.6 Å². The van der Waals surface area contributed by atoms with Gasteiger partial charge >= 0.3 is 5.97 Å². The molecule has 2 heterocycles. The Kier molecular flexibility index (Phi) is 6.70. The lowest BCUT2D eigenvalue weighted by molar-refractivity contribution is 0.0691. The van der Waals surface area contributed by atoms with Gasteiger partial charge in [-0.25, -0.2) is 28.0 Å². The number of hydrogen-bond acceptors (Lipinski definition) is 6. The smallest absolute Gasteiger partial charge is 0.355 e. The molecule has 0 saturated carbocycles. The second-order valence-corrected chi connectivity index (χ2v) is 11.4. The molecule has 0 aliphatic carbocycles. The topological polar surface area (TPSA) is 128 Å². The third-order valence-corrected chi connectivity index (χ3v) is 7.94. The average Bonchev–Trinajstić information content (AvgIpc) is 3.52. The van der Waals surface area contributed by atoms with Gasteiger partial charge < -0.3 is 5.11 Å². The Hall–Kier alpha value is -4.12. The number of hydrogen-bond donors (Lipinski definition) is 2. The quantitative estimate of drug-likeness (QED) is 0.289. The number of thiazole rings is 1. The predicted octanol–water partition coefficient (Wildman–Crippen LogP) is 5.22. The Morgan fingerprint density at radius 2 is 1.79 bits per heavy atom. The fraction of sp³-hybridized carbons (Fsp3) is 0.107. The fourth-order valence-corrected chi connectivity index (χ4v) is 5.50. The van der Waals surface area contributed by atoms with Crippen LogP contribution in [0.2, 0.25) is 0 Å². The number of aromatic nitrogens is 3. The van der Waals surface area contributed by atoms with E-state index in [0.717, 1.165) is 39.1 Å². The number of carbonyl (C=O) groups is 1. The maximum atomic E-state index is 11.7. The lowest BCUT2D eigenvalue weighted by atomic mass is 9.94.